The lowest BCUT2D eigenvalue weighted by Gasteiger charge is -2.10. The van der Waals surface area contributed by atoms with Crippen LogP contribution in [0.15, 0.2) is 36.8 Å². The highest BCUT2D eigenvalue weighted by Crippen LogP contribution is 2.34. The number of hydrogen-bond donors (Lipinski definition) is 1. The third-order valence-corrected chi connectivity index (χ3v) is 6.02. The standard InChI is InChI=1S/C23H19F2N9O/c1-11-28-21(31-33(11)2)13-5-6-18-30-22(32-34(18)10-13)16-9-27-19(20(24)25)15-8-26-17(7-14(15)16)29-23(35)12-3-4-12/h5-10,12,20H,3-4H2,1-2H3,(H,26,29,35). The van der Waals surface area contributed by atoms with Crippen LogP contribution in [-0.2, 0) is 11.8 Å². The van der Waals surface area contributed by atoms with Crippen molar-refractivity contribution < 1.29 is 13.6 Å². The van der Waals surface area contributed by atoms with Gasteiger partial charge in [0.1, 0.15) is 17.3 Å². The van der Waals surface area contributed by atoms with E-state index in [2.05, 4.69) is 35.5 Å². The Morgan fingerprint density at radius 2 is 1.91 bits per heavy atom. The predicted molar refractivity (Wildman–Crippen MR) is 123 cm³/mol. The number of carbonyl (C=O) groups excluding carboxylic acids is 1. The number of amides is 1. The second kappa shape index (κ2) is 7.86. The molecule has 0 unspecified atom stereocenters. The molecule has 10 nitrogen and oxygen atoms in total. The lowest BCUT2D eigenvalue weighted by atomic mass is 10.1. The van der Waals surface area contributed by atoms with Crippen LogP contribution in [0.1, 0.15) is 30.8 Å². The quantitative estimate of drug-likeness (QED) is 0.412. The number of anilines is 1. The first-order chi connectivity index (χ1) is 16.9. The third-order valence-electron chi connectivity index (χ3n) is 6.02. The average molecular weight is 475 g/mol. The van der Waals surface area contributed by atoms with Crippen molar-refractivity contribution >= 4 is 28.1 Å². The van der Waals surface area contributed by atoms with E-state index in [-0.39, 0.29) is 28.7 Å². The second-order valence-electron chi connectivity index (χ2n) is 8.50. The number of aromatic nitrogens is 8. The third kappa shape index (κ3) is 3.76. The zero-order valence-corrected chi connectivity index (χ0v) is 18.8. The van der Waals surface area contributed by atoms with E-state index < -0.39 is 6.43 Å². The molecule has 6 rings (SSSR count). The molecular formula is C23H19F2N9O. The van der Waals surface area contributed by atoms with E-state index in [1.165, 1.54) is 12.4 Å². The molecule has 0 aromatic carbocycles. The van der Waals surface area contributed by atoms with Crippen LogP contribution in [0.5, 0.6) is 0 Å². The van der Waals surface area contributed by atoms with E-state index >= 15 is 0 Å². The van der Waals surface area contributed by atoms with Crippen LogP contribution >= 0.6 is 0 Å². The molecule has 35 heavy (non-hydrogen) atoms. The molecule has 1 fully saturated rings. The summed E-state index contributed by atoms with van der Waals surface area (Å²) < 4.78 is 30.6. The Balaban J connectivity index is 1.46. The number of nitrogens with zero attached hydrogens (tertiary/aromatic N) is 8. The lowest BCUT2D eigenvalue weighted by Crippen LogP contribution is -2.14. The van der Waals surface area contributed by atoms with Gasteiger partial charge in [-0.15, -0.1) is 5.10 Å². The highest BCUT2D eigenvalue weighted by atomic mass is 19.3. The normalized spacial score (nSPS) is 13.7. The molecule has 0 spiro atoms. The minimum Gasteiger partial charge on any atom is -0.310 e. The molecule has 1 N–H and O–H groups in total. The second-order valence-corrected chi connectivity index (χ2v) is 8.50. The SMILES string of the molecule is Cc1nc(-c2ccc3nc(-c4cnc(C(F)F)c5cnc(NC(=O)C6CC6)cc45)nn3c2)nn1C. The van der Waals surface area contributed by atoms with Crippen molar-refractivity contribution in [2.75, 3.05) is 5.32 Å². The van der Waals surface area contributed by atoms with E-state index in [1.54, 1.807) is 27.5 Å². The van der Waals surface area contributed by atoms with E-state index in [1.807, 2.05) is 20.0 Å². The van der Waals surface area contributed by atoms with Crippen molar-refractivity contribution in [1.82, 2.24) is 39.3 Å². The molecule has 1 aliphatic carbocycles. The fourth-order valence-corrected chi connectivity index (χ4v) is 3.86. The molecule has 0 bridgehead atoms. The summed E-state index contributed by atoms with van der Waals surface area (Å²) >= 11 is 0. The minimum absolute atomic E-state index is 0.0206. The van der Waals surface area contributed by atoms with Crippen LogP contribution in [0.25, 0.3) is 39.2 Å². The monoisotopic (exact) mass is 475 g/mol. The molecule has 1 aliphatic rings. The number of nitrogens with one attached hydrogen (secondary N) is 1. The summed E-state index contributed by atoms with van der Waals surface area (Å²) in [5.41, 5.74) is 1.37. The molecule has 0 aliphatic heterocycles. The Hall–Kier alpha value is -4.35. The summed E-state index contributed by atoms with van der Waals surface area (Å²) in [6.45, 7) is 1.86. The Kier molecular flexibility index (Phi) is 4.76. The maximum absolute atomic E-state index is 13.7. The van der Waals surface area contributed by atoms with E-state index in [0.29, 0.717) is 28.2 Å². The van der Waals surface area contributed by atoms with E-state index in [9.17, 15) is 13.6 Å². The van der Waals surface area contributed by atoms with Crippen LogP contribution in [0, 0.1) is 12.8 Å². The Bertz CT molecular complexity index is 1600. The first kappa shape index (κ1) is 21.2. The predicted octanol–water partition coefficient (Wildman–Crippen LogP) is 3.73. The molecule has 1 saturated carbocycles. The van der Waals surface area contributed by atoms with Gasteiger partial charge in [0.15, 0.2) is 17.3 Å². The van der Waals surface area contributed by atoms with Crippen molar-refractivity contribution in [2.45, 2.75) is 26.2 Å². The molecule has 5 aromatic rings. The minimum atomic E-state index is -2.79. The van der Waals surface area contributed by atoms with Crippen molar-refractivity contribution in [3.05, 3.63) is 48.3 Å². The zero-order valence-electron chi connectivity index (χ0n) is 18.8. The van der Waals surface area contributed by atoms with Gasteiger partial charge in [-0.1, -0.05) is 0 Å². The summed E-state index contributed by atoms with van der Waals surface area (Å²) in [5, 5.41) is 12.3. The summed E-state index contributed by atoms with van der Waals surface area (Å²) in [6, 6.07) is 5.19. The highest BCUT2D eigenvalue weighted by molar-refractivity contribution is 6.00. The van der Waals surface area contributed by atoms with Crippen molar-refractivity contribution in [1.29, 1.82) is 0 Å². The van der Waals surface area contributed by atoms with Gasteiger partial charge in [0.05, 0.1) is 0 Å². The number of hydrogen-bond acceptors (Lipinski definition) is 7. The number of pyridine rings is 3. The van der Waals surface area contributed by atoms with Crippen LogP contribution in [0.4, 0.5) is 14.6 Å². The van der Waals surface area contributed by atoms with Crippen molar-refractivity contribution in [2.24, 2.45) is 13.0 Å². The van der Waals surface area contributed by atoms with Gasteiger partial charge >= 0.3 is 0 Å². The van der Waals surface area contributed by atoms with Crippen LogP contribution < -0.4 is 5.32 Å². The molecule has 5 heterocycles. The molecule has 0 radical (unpaired) electrons. The molecule has 0 saturated heterocycles. The van der Waals surface area contributed by atoms with Gasteiger partial charge in [-0.3, -0.25) is 14.5 Å². The van der Waals surface area contributed by atoms with E-state index in [0.717, 1.165) is 24.2 Å². The summed E-state index contributed by atoms with van der Waals surface area (Å²) in [6.07, 6.45) is 3.28. The number of rotatable bonds is 5. The molecule has 176 valence electrons. The Morgan fingerprint density at radius 3 is 2.63 bits per heavy atom. The zero-order chi connectivity index (χ0) is 24.3. The lowest BCUT2D eigenvalue weighted by molar-refractivity contribution is -0.117. The largest absolute Gasteiger partial charge is 0.310 e. The first-order valence-corrected chi connectivity index (χ1v) is 11.0. The van der Waals surface area contributed by atoms with Gasteiger partial charge in [-0.05, 0) is 38.0 Å². The fraction of sp³-hybridized carbons (Fsp3) is 0.261. The number of carbonyl (C=O) groups is 1. The van der Waals surface area contributed by atoms with Crippen LogP contribution in [0.3, 0.4) is 0 Å². The molecule has 1 amide bonds. The number of aryl methyl sites for hydroxylation is 2. The molecule has 5 aromatic heterocycles. The summed E-state index contributed by atoms with van der Waals surface area (Å²) in [4.78, 5) is 29.3. The maximum Gasteiger partial charge on any atom is 0.281 e. The van der Waals surface area contributed by atoms with E-state index in [4.69, 9.17) is 0 Å². The number of fused-ring (bicyclic) bond motifs is 2. The van der Waals surface area contributed by atoms with Crippen molar-refractivity contribution in [3.8, 4) is 22.8 Å². The van der Waals surface area contributed by atoms with Crippen LogP contribution in [0.2, 0.25) is 0 Å². The highest BCUT2D eigenvalue weighted by Gasteiger charge is 2.30. The Labute approximate surface area is 197 Å². The van der Waals surface area contributed by atoms with Gasteiger partial charge in [0.2, 0.25) is 5.91 Å². The van der Waals surface area contributed by atoms with Gasteiger partial charge in [0, 0.05) is 53.5 Å². The molecule has 12 heteroatoms. The maximum atomic E-state index is 13.7. The molecular weight excluding hydrogens is 456 g/mol. The van der Waals surface area contributed by atoms with Gasteiger partial charge in [0.25, 0.3) is 6.43 Å². The van der Waals surface area contributed by atoms with Crippen LogP contribution in [-0.4, -0.2) is 45.2 Å². The topological polar surface area (TPSA) is 116 Å². The average Bonchev–Trinajstić information content (AvgIpc) is 3.53. The van der Waals surface area contributed by atoms with Crippen molar-refractivity contribution in [3.63, 3.8) is 0 Å². The number of alkyl halides is 2. The summed E-state index contributed by atoms with van der Waals surface area (Å²) in [5.74, 6) is 1.76. The number of halogens is 2. The Morgan fingerprint density at radius 1 is 1.09 bits per heavy atom. The van der Waals surface area contributed by atoms with Gasteiger partial charge in [-0.2, -0.15) is 5.10 Å². The fourth-order valence-electron chi connectivity index (χ4n) is 3.86. The van der Waals surface area contributed by atoms with Gasteiger partial charge < -0.3 is 5.32 Å². The molecule has 0 atom stereocenters. The smallest absolute Gasteiger partial charge is 0.281 e. The summed E-state index contributed by atoms with van der Waals surface area (Å²) in [7, 11) is 1.81. The first-order valence-electron chi connectivity index (χ1n) is 11.0. The van der Waals surface area contributed by atoms with Gasteiger partial charge in [-0.25, -0.2) is 28.2 Å².